The second kappa shape index (κ2) is 4.03. The van der Waals surface area contributed by atoms with Crippen LogP contribution in [-0.2, 0) is 0 Å². The van der Waals surface area contributed by atoms with Gasteiger partial charge in [0.1, 0.15) is 11.5 Å². The van der Waals surface area contributed by atoms with Crippen molar-refractivity contribution in [2.75, 3.05) is 7.11 Å². The third kappa shape index (κ3) is 1.68. The highest BCUT2D eigenvalue weighted by Crippen LogP contribution is 2.43. The van der Waals surface area contributed by atoms with Crippen LogP contribution in [0.25, 0.3) is 10.8 Å². The minimum Gasteiger partial charge on any atom is -0.508 e. The summed E-state index contributed by atoms with van der Waals surface area (Å²) in [5.74, 6) is -3.40. The number of benzene rings is 2. The van der Waals surface area contributed by atoms with Crippen molar-refractivity contribution in [1.29, 1.82) is 0 Å². The lowest BCUT2D eigenvalue weighted by Gasteiger charge is -2.11. The Morgan fingerprint density at radius 1 is 1.18 bits per heavy atom. The van der Waals surface area contributed by atoms with Crippen molar-refractivity contribution in [1.82, 2.24) is 0 Å². The minimum atomic E-state index is -1.20. The van der Waals surface area contributed by atoms with Gasteiger partial charge in [0.15, 0.2) is 11.6 Å². The van der Waals surface area contributed by atoms with Gasteiger partial charge in [-0.15, -0.1) is 0 Å². The third-order valence-corrected chi connectivity index (χ3v) is 3.13. The van der Waals surface area contributed by atoms with Crippen molar-refractivity contribution in [2.24, 2.45) is 0 Å². The van der Waals surface area contributed by atoms with E-state index < -0.39 is 23.1 Å². The van der Waals surface area contributed by atoms with Crippen LogP contribution in [0.2, 0.25) is 0 Å². The first-order valence-corrected chi connectivity index (χ1v) is 5.32. The number of phenolic OH excluding ortho intramolecular Hbond substituents is 2. The summed E-state index contributed by atoms with van der Waals surface area (Å²) < 4.78 is 31.6. The fourth-order valence-electron chi connectivity index (χ4n) is 1.64. The first-order valence-electron chi connectivity index (χ1n) is 4.53. The quantitative estimate of drug-likeness (QED) is 0.795. The van der Waals surface area contributed by atoms with E-state index in [4.69, 9.17) is 4.74 Å². The van der Waals surface area contributed by atoms with E-state index in [9.17, 15) is 19.0 Å². The van der Waals surface area contributed by atoms with Gasteiger partial charge in [0.25, 0.3) is 0 Å². The Morgan fingerprint density at radius 3 is 2.41 bits per heavy atom. The monoisotopic (exact) mass is 304 g/mol. The third-order valence-electron chi connectivity index (χ3n) is 2.35. The SMILES string of the molecule is COc1c(F)c(F)c(Br)c2cc(O)cc(O)c12. The Kier molecular flexibility index (Phi) is 2.82. The van der Waals surface area contributed by atoms with Gasteiger partial charge < -0.3 is 14.9 Å². The standard InChI is InChI=1S/C11H7BrF2O3/c1-17-11-7-5(2-4(15)3-6(7)16)8(12)9(13)10(11)14/h2-3,15-16H,1H3. The highest BCUT2D eigenvalue weighted by molar-refractivity contribution is 9.10. The van der Waals surface area contributed by atoms with Crippen molar-refractivity contribution < 1.29 is 23.7 Å². The molecule has 0 saturated carbocycles. The van der Waals surface area contributed by atoms with E-state index in [-0.39, 0.29) is 21.0 Å². The zero-order chi connectivity index (χ0) is 12.7. The second-order valence-corrected chi connectivity index (χ2v) is 4.16. The predicted octanol–water partition coefficient (Wildman–Crippen LogP) is 3.30. The highest BCUT2D eigenvalue weighted by atomic mass is 79.9. The summed E-state index contributed by atoms with van der Waals surface area (Å²) in [6, 6.07) is 2.22. The zero-order valence-electron chi connectivity index (χ0n) is 8.59. The summed E-state index contributed by atoms with van der Waals surface area (Å²) in [5.41, 5.74) is 0. The molecule has 0 spiro atoms. The van der Waals surface area contributed by atoms with Gasteiger partial charge in [-0.25, -0.2) is 4.39 Å². The van der Waals surface area contributed by atoms with Crippen LogP contribution in [0.1, 0.15) is 0 Å². The second-order valence-electron chi connectivity index (χ2n) is 3.36. The van der Waals surface area contributed by atoms with Crippen molar-refractivity contribution in [3.05, 3.63) is 28.2 Å². The molecule has 0 saturated heterocycles. The van der Waals surface area contributed by atoms with Gasteiger partial charge in [-0.1, -0.05) is 0 Å². The summed E-state index contributed by atoms with van der Waals surface area (Å²) in [5, 5.41) is 19.1. The maximum atomic E-state index is 13.6. The minimum absolute atomic E-state index is 0.00363. The molecule has 2 aromatic carbocycles. The molecule has 0 unspecified atom stereocenters. The Hall–Kier alpha value is -1.56. The normalized spacial score (nSPS) is 10.8. The first-order chi connectivity index (χ1) is 7.97. The van der Waals surface area contributed by atoms with Crippen molar-refractivity contribution in [3.8, 4) is 17.2 Å². The number of ether oxygens (including phenoxy) is 1. The number of phenols is 2. The Balaban J connectivity index is 3.06. The van der Waals surface area contributed by atoms with Crippen LogP contribution in [0, 0.1) is 11.6 Å². The van der Waals surface area contributed by atoms with E-state index in [2.05, 4.69) is 15.9 Å². The molecule has 6 heteroatoms. The molecule has 90 valence electrons. The molecule has 17 heavy (non-hydrogen) atoms. The average molecular weight is 305 g/mol. The van der Waals surface area contributed by atoms with E-state index in [1.807, 2.05) is 0 Å². The first kappa shape index (κ1) is 11.9. The number of rotatable bonds is 1. The Labute approximate surface area is 103 Å². The van der Waals surface area contributed by atoms with Crippen LogP contribution in [0.15, 0.2) is 16.6 Å². The molecular weight excluding hydrogens is 298 g/mol. The molecule has 0 bridgehead atoms. The smallest absolute Gasteiger partial charge is 0.202 e. The number of methoxy groups -OCH3 is 1. The van der Waals surface area contributed by atoms with Gasteiger partial charge in [0.05, 0.1) is 17.0 Å². The van der Waals surface area contributed by atoms with Crippen LogP contribution in [0.5, 0.6) is 17.2 Å². The maximum Gasteiger partial charge on any atom is 0.202 e. The maximum absolute atomic E-state index is 13.6. The number of hydrogen-bond donors (Lipinski definition) is 2. The van der Waals surface area contributed by atoms with Crippen molar-refractivity contribution in [3.63, 3.8) is 0 Å². The predicted molar refractivity (Wildman–Crippen MR) is 61.4 cm³/mol. The van der Waals surface area contributed by atoms with Gasteiger partial charge in [-0.05, 0) is 22.0 Å². The van der Waals surface area contributed by atoms with Gasteiger partial charge in [0.2, 0.25) is 5.82 Å². The molecule has 0 aliphatic rings. The number of aromatic hydroxyl groups is 2. The van der Waals surface area contributed by atoms with Crippen molar-refractivity contribution in [2.45, 2.75) is 0 Å². The molecular formula is C11H7BrF2O3. The summed E-state index contributed by atoms with van der Waals surface area (Å²) in [6.45, 7) is 0. The molecule has 0 amide bonds. The fourth-order valence-corrected chi connectivity index (χ4v) is 2.13. The number of fused-ring (bicyclic) bond motifs is 1. The summed E-state index contributed by atoms with van der Waals surface area (Å²) in [7, 11) is 1.16. The molecule has 2 rings (SSSR count). The fraction of sp³-hybridized carbons (Fsp3) is 0.0909. The van der Waals surface area contributed by atoms with E-state index in [1.54, 1.807) is 0 Å². The highest BCUT2D eigenvalue weighted by Gasteiger charge is 2.22. The molecule has 0 fully saturated rings. The van der Waals surface area contributed by atoms with Crippen LogP contribution in [0.4, 0.5) is 8.78 Å². The van der Waals surface area contributed by atoms with Crippen LogP contribution >= 0.6 is 15.9 Å². The molecule has 0 atom stereocenters. The number of hydrogen-bond acceptors (Lipinski definition) is 3. The zero-order valence-corrected chi connectivity index (χ0v) is 10.2. The molecule has 0 radical (unpaired) electrons. The topological polar surface area (TPSA) is 49.7 Å². The Bertz CT molecular complexity index is 614. The molecule has 0 heterocycles. The molecule has 3 nitrogen and oxygen atoms in total. The van der Waals surface area contributed by atoms with E-state index in [0.717, 1.165) is 13.2 Å². The van der Waals surface area contributed by atoms with Crippen LogP contribution in [-0.4, -0.2) is 17.3 Å². The molecule has 2 N–H and O–H groups in total. The lowest BCUT2D eigenvalue weighted by atomic mass is 10.1. The van der Waals surface area contributed by atoms with Crippen LogP contribution < -0.4 is 4.74 Å². The summed E-state index contributed by atoms with van der Waals surface area (Å²) in [6.07, 6.45) is 0. The molecule has 0 aliphatic heterocycles. The molecule has 0 aliphatic carbocycles. The van der Waals surface area contributed by atoms with Gasteiger partial charge in [0, 0.05) is 11.5 Å². The summed E-state index contributed by atoms with van der Waals surface area (Å²) in [4.78, 5) is 0. The van der Waals surface area contributed by atoms with E-state index in [0.29, 0.717) is 0 Å². The van der Waals surface area contributed by atoms with Gasteiger partial charge in [-0.2, -0.15) is 4.39 Å². The van der Waals surface area contributed by atoms with E-state index in [1.165, 1.54) is 6.07 Å². The van der Waals surface area contributed by atoms with Crippen LogP contribution in [0.3, 0.4) is 0 Å². The summed E-state index contributed by atoms with van der Waals surface area (Å²) >= 11 is 2.87. The van der Waals surface area contributed by atoms with Crippen molar-refractivity contribution >= 4 is 26.7 Å². The average Bonchev–Trinajstić information content (AvgIpc) is 2.28. The van der Waals surface area contributed by atoms with Gasteiger partial charge >= 0.3 is 0 Å². The lowest BCUT2D eigenvalue weighted by Crippen LogP contribution is -1.96. The van der Waals surface area contributed by atoms with E-state index >= 15 is 0 Å². The molecule has 2 aromatic rings. The lowest BCUT2D eigenvalue weighted by molar-refractivity contribution is 0.374. The molecule has 0 aromatic heterocycles. The Morgan fingerprint density at radius 2 is 1.82 bits per heavy atom. The largest absolute Gasteiger partial charge is 0.508 e. The number of halogens is 3. The van der Waals surface area contributed by atoms with Gasteiger partial charge in [-0.3, -0.25) is 0 Å².